The minimum absolute atomic E-state index is 0.0536. The van der Waals surface area contributed by atoms with Crippen LogP contribution in [0.4, 0.5) is 0 Å². The minimum atomic E-state index is -3.02. The van der Waals surface area contributed by atoms with E-state index in [0.717, 1.165) is 33.7 Å². The molecule has 1 amide bonds. The number of amides is 1. The van der Waals surface area contributed by atoms with Crippen molar-refractivity contribution < 1.29 is 13.2 Å². The number of hydrogen-bond acceptors (Lipinski definition) is 6. The van der Waals surface area contributed by atoms with Crippen LogP contribution in [0.1, 0.15) is 40.1 Å². The molecular weight excluding hydrogens is 346 g/mol. The van der Waals surface area contributed by atoms with E-state index in [2.05, 4.69) is 9.97 Å². The molecular formula is C16H21N3O3S2. The van der Waals surface area contributed by atoms with Gasteiger partial charge in [0.15, 0.2) is 9.84 Å². The maximum atomic E-state index is 12.9. The molecule has 1 saturated heterocycles. The molecule has 1 aliphatic heterocycles. The summed E-state index contributed by atoms with van der Waals surface area (Å²) in [6.45, 7) is 5.85. The van der Waals surface area contributed by atoms with Gasteiger partial charge in [0.1, 0.15) is 10.7 Å². The highest BCUT2D eigenvalue weighted by molar-refractivity contribution is 7.91. The molecule has 0 aliphatic carbocycles. The summed E-state index contributed by atoms with van der Waals surface area (Å²) in [5, 5.41) is 0.938. The van der Waals surface area contributed by atoms with Gasteiger partial charge in [-0.05, 0) is 25.8 Å². The predicted octanol–water partition coefficient (Wildman–Crippen LogP) is 2.13. The molecule has 0 bridgehead atoms. The van der Waals surface area contributed by atoms with Gasteiger partial charge >= 0.3 is 0 Å². The lowest BCUT2D eigenvalue weighted by Crippen LogP contribution is -2.37. The molecule has 24 heavy (non-hydrogen) atoms. The fourth-order valence-corrected chi connectivity index (χ4v) is 6.17. The van der Waals surface area contributed by atoms with Crippen molar-refractivity contribution in [3.8, 4) is 0 Å². The highest BCUT2D eigenvalue weighted by Crippen LogP contribution is 2.33. The molecule has 0 aromatic carbocycles. The first kappa shape index (κ1) is 17.3. The third kappa shape index (κ3) is 2.93. The molecule has 1 fully saturated rings. The number of carbonyl (C=O) groups is 1. The maximum Gasteiger partial charge on any atom is 0.264 e. The Labute approximate surface area is 145 Å². The average molecular weight is 367 g/mol. The number of nitrogens with zero attached hydrogens (tertiary/aromatic N) is 3. The summed E-state index contributed by atoms with van der Waals surface area (Å²) in [7, 11) is -1.33. The van der Waals surface area contributed by atoms with Crippen LogP contribution < -0.4 is 0 Å². The molecule has 1 aliphatic rings. The van der Waals surface area contributed by atoms with Gasteiger partial charge in [-0.1, -0.05) is 6.92 Å². The summed E-state index contributed by atoms with van der Waals surface area (Å²) < 4.78 is 23.3. The van der Waals surface area contributed by atoms with Gasteiger partial charge in [-0.2, -0.15) is 0 Å². The lowest BCUT2D eigenvalue weighted by Gasteiger charge is -2.23. The molecule has 2 aromatic rings. The van der Waals surface area contributed by atoms with Crippen molar-refractivity contribution in [2.45, 2.75) is 39.7 Å². The number of aryl methyl sites for hydroxylation is 3. The lowest BCUT2D eigenvalue weighted by molar-refractivity contribution is 0.0752. The smallest absolute Gasteiger partial charge is 0.264 e. The molecule has 3 heterocycles. The molecule has 3 rings (SSSR count). The first-order valence-corrected chi connectivity index (χ1v) is 10.6. The van der Waals surface area contributed by atoms with E-state index in [9.17, 15) is 13.2 Å². The highest BCUT2D eigenvalue weighted by atomic mass is 32.2. The highest BCUT2D eigenvalue weighted by Gasteiger charge is 2.34. The second-order valence-corrected chi connectivity index (χ2v) is 9.52. The second kappa shape index (κ2) is 6.07. The maximum absolute atomic E-state index is 12.9. The fraction of sp³-hybridized carbons (Fsp3) is 0.562. The molecule has 8 heteroatoms. The van der Waals surface area contributed by atoms with Crippen molar-refractivity contribution in [3.05, 3.63) is 22.0 Å². The molecule has 0 radical (unpaired) electrons. The fourth-order valence-electron chi connectivity index (χ4n) is 3.16. The van der Waals surface area contributed by atoms with Crippen molar-refractivity contribution in [2.75, 3.05) is 18.6 Å². The number of sulfone groups is 1. The van der Waals surface area contributed by atoms with Crippen LogP contribution in [-0.4, -0.2) is 53.8 Å². The largest absolute Gasteiger partial charge is 0.337 e. The third-order valence-corrected chi connectivity index (χ3v) is 7.53. The summed E-state index contributed by atoms with van der Waals surface area (Å²) in [5.74, 6) is 0.855. The van der Waals surface area contributed by atoms with Gasteiger partial charge < -0.3 is 4.90 Å². The Bertz CT molecular complexity index is 918. The molecule has 6 nitrogen and oxygen atoms in total. The zero-order valence-corrected chi connectivity index (χ0v) is 15.9. The summed E-state index contributed by atoms with van der Waals surface area (Å²) in [5.41, 5.74) is 1.77. The van der Waals surface area contributed by atoms with E-state index < -0.39 is 9.84 Å². The first-order valence-electron chi connectivity index (χ1n) is 7.97. The van der Waals surface area contributed by atoms with Crippen molar-refractivity contribution in [1.29, 1.82) is 0 Å². The number of carbonyl (C=O) groups excluding carboxylic acids is 1. The SMILES string of the molecule is CCc1nc(C)c2c(C)c(C(=O)N(C)C3CCS(=O)(=O)C3)sc2n1. The average Bonchev–Trinajstić information content (AvgIpc) is 3.05. The van der Waals surface area contributed by atoms with Crippen LogP contribution in [0.15, 0.2) is 0 Å². The van der Waals surface area contributed by atoms with E-state index in [4.69, 9.17) is 0 Å². The topological polar surface area (TPSA) is 80.2 Å². The lowest BCUT2D eigenvalue weighted by atomic mass is 10.1. The Kier molecular flexibility index (Phi) is 4.37. The van der Waals surface area contributed by atoms with Crippen LogP contribution in [0, 0.1) is 13.8 Å². The first-order chi connectivity index (χ1) is 11.2. The van der Waals surface area contributed by atoms with E-state index in [1.807, 2.05) is 20.8 Å². The Morgan fingerprint density at radius 2 is 2.04 bits per heavy atom. The molecule has 2 aromatic heterocycles. The van der Waals surface area contributed by atoms with Gasteiger partial charge in [-0.15, -0.1) is 11.3 Å². The molecule has 0 N–H and O–H groups in total. The van der Waals surface area contributed by atoms with Crippen LogP contribution in [0.2, 0.25) is 0 Å². The standard InChI is InChI=1S/C16H21N3O3S2/c1-5-12-17-10(3)13-9(2)14(23-15(13)18-12)16(20)19(4)11-6-7-24(21,22)8-11/h11H,5-8H2,1-4H3. The number of rotatable bonds is 3. The van der Waals surface area contributed by atoms with Gasteiger partial charge in [-0.25, -0.2) is 18.4 Å². The van der Waals surface area contributed by atoms with Crippen LogP contribution in [0.25, 0.3) is 10.2 Å². The number of fused-ring (bicyclic) bond motifs is 1. The Hall–Kier alpha value is -1.54. The quantitative estimate of drug-likeness (QED) is 0.830. The van der Waals surface area contributed by atoms with Gasteiger partial charge in [0, 0.05) is 30.6 Å². The van der Waals surface area contributed by atoms with E-state index in [0.29, 0.717) is 11.3 Å². The summed E-state index contributed by atoms with van der Waals surface area (Å²) in [6.07, 6.45) is 1.25. The normalized spacial score (nSPS) is 19.8. The van der Waals surface area contributed by atoms with Crippen LogP contribution in [0.5, 0.6) is 0 Å². The molecule has 0 saturated carbocycles. The number of hydrogen-bond donors (Lipinski definition) is 0. The summed E-state index contributed by atoms with van der Waals surface area (Å²) in [6, 6.07) is -0.245. The van der Waals surface area contributed by atoms with E-state index >= 15 is 0 Å². The molecule has 0 spiro atoms. The van der Waals surface area contributed by atoms with Gasteiger partial charge in [0.05, 0.1) is 16.4 Å². The molecule has 130 valence electrons. The van der Waals surface area contributed by atoms with Gasteiger partial charge in [-0.3, -0.25) is 4.79 Å². The minimum Gasteiger partial charge on any atom is -0.337 e. The van der Waals surface area contributed by atoms with Crippen LogP contribution in [0.3, 0.4) is 0 Å². The van der Waals surface area contributed by atoms with Crippen molar-refractivity contribution in [1.82, 2.24) is 14.9 Å². The summed E-state index contributed by atoms with van der Waals surface area (Å²) in [4.78, 5) is 24.9. The predicted molar refractivity (Wildman–Crippen MR) is 95.4 cm³/mol. The molecule has 1 unspecified atom stereocenters. The Morgan fingerprint density at radius 1 is 1.33 bits per heavy atom. The van der Waals surface area contributed by atoms with E-state index in [-0.39, 0.29) is 23.5 Å². The zero-order valence-electron chi connectivity index (χ0n) is 14.3. The monoisotopic (exact) mass is 367 g/mol. The molecule has 1 atom stereocenters. The van der Waals surface area contributed by atoms with Crippen molar-refractivity contribution >= 4 is 37.3 Å². The van der Waals surface area contributed by atoms with Gasteiger partial charge in [0.25, 0.3) is 5.91 Å². The third-order valence-electron chi connectivity index (χ3n) is 4.60. The van der Waals surface area contributed by atoms with Crippen molar-refractivity contribution in [3.63, 3.8) is 0 Å². The number of aromatic nitrogens is 2. The Morgan fingerprint density at radius 3 is 2.62 bits per heavy atom. The van der Waals surface area contributed by atoms with Crippen molar-refractivity contribution in [2.24, 2.45) is 0 Å². The second-order valence-electron chi connectivity index (χ2n) is 6.29. The van der Waals surface area contributed by atoms with Crippen LogP contribution in [-0.2, 0) is 16.3 Å². The van der Waals surface area contributed by atoms with E-state index in [1.165, 1.54) is 11.3 Å². The zero-order chi connectivity index (χ0) is 17.6. The Balaban J connectivity index is 1.98. The van der Waals surface area contributed by atoms with Gasteiger partial charge in [0.2, 0.25) is 0 Å². The number of thiophene rings is 1. The summed E-state index contributed by atoms with van der Waals surface area (Å²) >= 11 is 1.37. The van der Waals surface area contributed by atoms with E-state index in [1.54, 1.807) is 11.9 Å². The van der Waals surface area contributed by atoms with Crippen LogP contribution >= 0.6 is 11.3 Å².